The van der Waals surface area contributed by atoms with E-state index in [1.54, 1.807) is 25.3 Å². The van der Waals surface area contributed by atoms with E-state index in [2.05, 4.69) is 15.3 Å². The van der Waals surface area contributed by atoms with Gasteiger partial charge in [-0.3, -0.25) is 0 Å². The number of ether oxygens (including phenoxy) is 1. The van der Waals surface area contributed by atoms with Crippen LogP contribution in [0, 0.1) is 0 Å². The molecule has 0 aliphatic heterocycles. The third-order valence-corrected chi connectivity index (χ3v) is 3.92. The summed E-state index contributed by atoms with van der Waals surface area (Å²) in [5.74, 6) is 1.30. The maximum absolute atomic E-state index is 6.02. The van der Waals surface area contributed by atoms with Crippen molar-refractivity contribution in [3.8, 4) is 5.75 Å². The molecule has 0 amide bonds. The Kier molecular flexibility index (Phi) is 3.65. The van der Waals surface area contributed by atoms with Gasteiger partial charge in [0.05, 0.1) is 18.2 Å². The number of methoxy groups -OCH3 is 1. The molecule has 20 heavy (non-hydrogen) atoms. The van der Waals surface area contributed by atoms with Crippen LogP contribution < -0.4 is 10.1 Å². The molecule has 3 rings (SSSR count). The summed E-state index contributed by atoms with van der Waals surface area (Å²) in [5, 5.41) is 6.84. The van der Waals surface area contributed by atoms with Crippen molar-refractivity contribution in [1.29, 1.82) is 0 Å². The van der Waals surface area contributed by atoms with Gasteiger partial charge in [0.2, 0.25) is 5.28 Å². The SMILES string of the molecule is COc1ccc(Cl)cc1Nc1nc(Cl)nc2sccc12. The normalized spacial score (nSPS) is 10.8. The van der Waals surface area contributed by atoms with Crippen LogP contribution >= 0.6 is 34.5 Å². The zero-order chi connectivity index (χ0) is 14.1. The molecule has 0 unspecified atom stereocenters. The van der Waals surface area contributed by atoms with Gasteiger partial charge in [-0.25, -0.2) is 4.98 Å². The summed E-state index contributed by atoms with van der Waals surface area (Å²) in [5.41, 5.74) is 0.724. The smallest absolute Gasteiger partial charge is 0.225 e. The molecule has 0 aliphatic rings. The van der Waals surface area contributed by atoms with Crippen LogP contribution in [0.2, 0.25) is 10.3 Å². The molecule has 0 fully saturated rings. The number of rotatable bonds is 3. The van der Waals surface area contributed by atoms with Crippen LogP contribution in [-0.4, -0.2) is 17.1 Å². The Labute approximate surface area is 129 Å². The highest BCUT2D eigenvalue weighted by Crippen LogP contribution is 2.33. The highest BCUT2D eigenvalue weighted by atomic mass is 35.5. The predicted octanol–water partition coefficient (Wildman–Crippen LogP) is 4.75. The van der Waals surface area contributed by atoms with Crippen LogP contribution in [0.15, 0.2) is 29.6 Å². The summed E-state index contributed by atoms with van der Waals surface area (Å²) in [6.45, 7) is 0. The molecule has 0 saturated carbocycles. The third kappa shape index (κ3) is 2.52. The van der Waals surface area contributed by atoms with Gasteiger partial charge >= 0.3 is 0 Å². The van der Waals surface area contributed by atoms with Gasteiger partial charge < -0.3 is 10.1 Å². The van der Waals surface area contributed by atoms with E-state index < -0.39 is 0 Å². The van der Waals surface area contributed by atoms with Crippen molar-refractivity contribution in [2.45, 2.75) is 0 Å². The van der Waals surface area contributed by atoms with Gasteiger partial charge in [-0.2, -0.15) is 4.98 Å². The van der Waals surface area contributed by atoms with Gasteiger partial charge in [0.15, 0.2) is 0 Å². The summed E-state index contributed by atoms with van der Waals surface area (Å²) >= 11 is 13.5. The Morgan fingerprint density at radius 1 is 1.20 bits per heavy atom. The molecule has 2 aromatic heterocycles. The van der Waals surface area contributed by atoms with E-state index in [1.165, 1.54) is 11.3 Å². The molecule has 0 radical (unpaired) electrons. The molecular formula is C13H9Cl2N3OS. The summed E-state index contributed by atoms with van der Waals surface area (Å²) in [6.07, 6.45) is 0. The molecule has 3 aromatic rings. The van der Waals surface area contributed by atoms with Crippen LogP contribution in [0.4, 0.5) is 11.5 Å². The molecule has 0 spiro atoms. The van der Waals surface area contributed by atoms with E-state index >= 15 is 0 Å². The Morgan fingerprint density at radius 2 is 2.05 bits per heavy atom. The van der Waals surface area contributed by atoms with Crippen molar-refractivity contribution >= 4 is 56.3 Å². The maximum atomic E-state index is 6.02. The van der Waals surface area contributed by atoms with Gasteiger partial charge in [-0.15, -0.1) is 11.3 Å². The molecule has 7 heteroatoms. The molecule has 0 bridgehead atoms. The van der Waals surface area contributed by atoms with E-state index in [4.69, 9.17) is 27.9 Å². The summed E-state index contributed by atoms with van der Waals surface area (Å²) < 4.78 is 5.30. The fourth-order valence-electron chi connectivity index (χ4n) is 1.83. The van der Waals surface area contributed by atoms with E-state index in [0.717, 1.165) is 15.9 Å². The molecule has 1 aromatic carbocycles. The second kappa shape index (κ2) is 5.44. The average Bonchev–Trinajstić information content (AvgIpc) is 2.87. The number of hydrogen-bond acceptors (Lipinski definition) is 5. The first-order valence-corrected chi connectivity index (χ1v) is 7.32. The Balaban J connectivity index is 2.09. The van der Waals surface area contributed by atoms with Gasteiger partial charge in [0.25, 0.3) is 0 Å². The first-order valence-electron chi connectivity index (χ1n) is 5.68. The molecular weight excluding hydrogens is 317 g/mol. The number of fused-ring (bicyclic) bond motifs is 1. The molecule has 4 nitrogen and oxygen atoms in total. The molecule has 1 N–H and O–H groups in total. The Morgan fingerprint density at radius 3 is 2.85 bits per heavy atom. The minimum atomic E-state index is 0.198. The van der Waals surface area contributed by atoms with Crippen LogP contribution in [0.3, 0.4) is 0 Å². The van der Waals surface area contributed by atoms with Crippen molar-refractivity contribution in [3.05, 3.63) is 40.0 Å². The van der Waals surface area contributed by atoms with Crippen LogP contribution in [0.5, 0.6) is 5.75 Å². The number of nitrogens with zero attached hydrogens (tertiary/aromatic N) is 2. The van der Waals surface area contributed by atoms with Crippen LogP contribution in [0.25, 0.3) is 10.2 Å². The topological polar surface area (TPSA) is 47.0 Å². The predicted molar refractivity (Wildman–Crippen MR) is 83.7 cm³/mol. The number of benzene rings is 1. The number of nitrogens with one attached hydrogen (secondary N) is 1. The highest BCUT2D eigenvalue weighted by molar-refractivity contribution is 7.16. The van der Waals surface area contributed by atoms with E-state index in [1.807, 2.05) is 11.4 Å². The molecule has 0 atom stereocenters. The Bertz CT molecular complexity index is 775. The second-order valence-electron chi connectivity index (χ2n) is 3.95. The first-order chi connectivity index (χ1) is 9.67. The lowest BCUT2D eigenvalue weighted by atomic mass is 10.2. The van der Waals surface area contributed by atoms with E-state index in [-0.39, 0.29) is 5.28 Å². The number of halogens is 2. The van der Waals surface area contributed by atoms with Gasteiger partial charge in [0, 0.05) is 5.02 Å². The lowest BCUT2D eigenvalue weighted by molar-refractivity contribution is 0.417. The van der Waals surface area contributed by atoms with Crippen LogP contribution in [0.1, 0.15) is 0 Å². The van der Waals surface area contributed by atoms with E-state index in [0.29, 0.717) is 16.6 Å². The standard InChI is InChI=1S/C13H9Cl2N3OS/c1-19-10-3-2-7(14)6-9(10)16-11-8-4-5-20-12(8)18-13(15)17-11/h2-6H,1H3,(H,16,17,18). The zero-order valence-corrected chi connectivity index (χ0v) is 12.7. The number of hydrogen-bond donors (Lipinski definition) is 1. The summed E-state index contributed by atoms with van der Waals surface area (Å²) in [7, 11) is 1.60. The minimum Gasteiger partial charge on any atom is -0.495 e. The van der Waals surface area contributed by atoms with Gasteiger partial charge in [-0.1, -0.05) is 11.6 Å². The minimum absolute atomic E-state index is 0.198. The first kappa shape index (κ1) is 13.4. The third-order valence-electron chi connectivity index (χ3n) is 2.71. The van der Waals surface area contributed by atoms with Gasteiger partial charge in [-0.05, 0) is 41.2 Å². The summed E-state index contributed by atoms with van der Waals surface area (Å²) in [4.78, 5) is 9.23. The molecule has 0 aliphatic carbocycles. The second-order valence-corrected chi connectivity index (χ2v) is 5.62. The lowest BCUT2D eigenvalue weighted by Crippen LogP contribution is -1.98. The molecule has 2 heterocycles. The number of aromatic nitrogens is 2. The monoisotopic (exact) mass is 325 g/mol. The van der Waals surface area contributed by atoms with E-state index in [9.17, 15) is 0 Å². The quantitative estimate of drug-likeness (QED) is 0.706. The largest absolute Gasteiger partial charge is 0.495 e. The zero-order valence-electron chi connectivity index (χ0n) is 10.4. The maximum Gasteiger partial charge on any atom is 0.225 e. The Hall–Kier alpha value is -1.56. The fraction of sp³-hybridized carbons (Fsp3) is 0.0769. The van der Waals surface area contributed by atoms with Crippen molar-refractivity contribution in [1.82, 2.24) is 9.97 Å². The highest BCUT2D eigenvalue weighted by Gasteiger charge is 2.11. The molecule has 0 saturated heterocycles. The van der Waals surface area contributed by atoms with Crippen molar-refractivity contribution in [3.63, 3.8) is 0 Å². The van der Waals surface area contributed by atoms with Crippen molar-refractivity contribution in [2.24, 2.45) is 0 Å². The molecule has 102 valence electrons. The van der Waals surface area contributed by atoms with Gasteiger partial charge in [0.1, 0.15) is 16.4 Å². The van der Waals surface area contributed by atoms with Crippen LogP contribution in [-0.2, 0) is 0 Å². The van der Waals surface area contributed by atoms with Crippen molar-refractivity contribution in [2.75, 3.05) is 12.4 Å². The number of anilines is 2. The summed E-state index contributed by atoms with van der Waals surface area (Å²) in [6, 6.07) is 7.27. The average molecular weight is 326 g/mol. The number of thiophene rings is 1. The van der Waals surface area contributed by atoms with Crippen molar-refractivity contribution < 1.29 is 4.74 Å². The fourth-order valence-corrected chi connectivity index (χ4v) is 2.99. The lowest BCUT2D eigenvalue weighted by Gasteiger charge is -2.11.